The molecule has 1 fully saturated rings. The lowest BCUT2D eigenvalue weighted by Gasteiger charge is -2.15. The zero-order valence-corrected chi connectivity index (χ0v) is 16.9. The maximum atomic E-state index is 12.3. The van der Waals surface area contributed by atoms with Crippen molar-refractivity contribution in [3.05, 3.63) is 48.1 Å². The first-order chi connectivity index (χ1) is 14.7. The third-order valence-electron chi connectivity index (χ3n) is 4.42. The van der Waals surface area contributed by atoms with Crippen LogP contribution in [0.1, 0.15) is 12.8 Å². The van der Waals surface area contributed by atoms with Crippen molar-refractivity contribution in [1.82, 2.24) is 19.9 Å². The predicted octanol–water partition coefficient (Wildman–Crippen LogP) is 3.25. The molecule has 0 spiro atoms. The predicted molar refractivity (Wildman–Crippen MR) is 114 cm³/mol. The summed E-state index contributed by atoms with van der Waals surface area (Å²) in [4.78, 5) is 38.3. The highest BCUT2D eigenvalue weighted by atomic mass is 32.1. The molecule has 3 aromatic rings. The van der Waals surface area contributed by atoms with Gasteiger partial charge in [0.25, 0.3) is 0 Å². The van der Waals surface area contributed by atoms with Gasteiger partial charge in [-0.2, -0.15) is 4.98 Å². The lowest BCUT2D eigenvalue weighted by Crippen LogP contribution is -2.29. The molecule has 0 bridgehead atoms. The maximum absolute atomic E-state index is 12.3. The molecule has 2 N–H and O–H groups in total. The number of carbonyl (C=O) groups excluding carboxylic acids is 2. The van der Waals surface area contributed by atoms with E-state index in [4.69, 9.17) is 4.74 Å². The van der Waals surface area contributed by atoms with E-state index in [-0.39, 0.29) is 5.91 Å². The summed E-state index contributed by atoms with van der Waals surface area (Å²) >= 11 is 1.43. The molecular formula is C20H20N6O3S. The Hall–Kier alpha value is -3.53. The first kappa shape index (κ1) is 19.8. The highest BCUT2D eigenvalue weighted by Crippen LogP contribution is 2.25. The number of hydrogen-bond acceptors (Lipinski definition) is 7. The zero-order valence-electron chi connectivity index (χ0n) is 16.1. The van der Waals surface area contributed by atoms with Gasteiger partial charge < -0.3 is 9.64 Å². The molecule has 0 unspecified atom stereocenters. The second-order valence-corrected chi connectivity index (χ2v) is 7.40. The van der Waals surface area contributed by atoms with Crippen LogP contribution < -0.4 is 15.4 Å². The smallest absolute Gasteiger partial charge is 0.326 e. The molecule has 1 saturated heterocycles. The SMILES string of the molecule is O=C(Nc1cccc(OCCN2CCCC2=O)n1)Nc1csc(-c2ccncc2)n1. The van der Waals surface area contributed by atoms with E-state index in [9.17, 15) is 9.59 Å². The Morgan fingerprint density at radius 1 is 1.13 bits per heavy atom. The number of amides is 3. The van der Waals surface area contributed by atoms with Crippen LogP contribution in [0, 0.1) is 0 Å². The Morgan fingerprint density at radius 2 is 1.97 bits per heavy atom. The number of hydrogen-bond donors (Lipinski definition) is 2. The molecule has 3 aromatic heterocycles. The van der Waals surface area contributed by atoms with Crippen molar-refractivity contribution >= 4 is 34.9 Å². The number of ether oxygens (including phenoxy) is 1. The van der Waals surface area contributed by atoms with Crippen LogP contribution in [0.15, 0.2) is 48.1 Å². The van der Waals surface area contributed by atoms with Gasteiger partial charge in [0, 0.05) is 42.4 Å². The molecule has 0 radical (unpaired) electrons. The molecule has 0 saturated carbocycles. The van der Waals surface area contributed by atoms with Gasteiger partial charge in [0.1, 0.15) is 23.3 Å². The van der Waals surface area contributed by atoms with Crippen LogP contribution in [-0.4, -0.2) is 51.5 Å². The number of thiazole rings is 1. The van der Waals surface area contributed by atoms with Gasteiger partial charge in [0.15, 0.2) is 0 Å². The van der Waals surface area contributed by atoms with Crippen molar-refractivity contribution in [2.24, 2.45) is 0 Å². The lowest BCUT2D eigenvalue weighted by atomic mass is 10.3. The second kappa shape index (κ2) is 9.31. The molecule has 3 amide bonds. The van der Waals surface area contributed by atoms with E-state index >= 15 is 0 Å². The fraction of sp³-hybridized carbons (Fsp3) is 0.250. The molecule has 10 heteroatoms. The van der Waals surface area contributed by atoms with E-state index in [0.717, 1.165) is 23.5 Å². The fourth-order valence-corrected chi connectivity index (χ4v) is 3.75. The summed E-state index contributed by atoms with van der Waals surface area (Å²) in [5.41, 5.74) is 0.936. The van der Waals surface area contributed by atoms with E-state index in [1.165, 1.54) is 11.3 Å². The van der Waals surface area contributed by atoms with Crippen LogP contribution in [0.5, 0.6) is 5.88 Å². The van der Waals surface area contributed by atoms with Gasteiger partial charge in [-0.15, -0.1) is 11.3 Å². The minimum absolute atomic E-state index is 0.160. The number of rotatable bonds is 7. The normalized spacial score (nSPS) is 13.3. The first-order valence-corrected chi connectivity index (χ1v) is 10.4. The van der Waals surface area contributed by atoms with Gasteiger partial charge in [-0.05, 0) is 24.6 Å². The standard InChI is InChI=1S/C20H20N6O3S/c27-18-5-2-10-26(18)11-12-29-17-4-1-3-15(22-17)24-20(28)25-16-13-30-19(23-16)14-6-8-21-9-7-14/h1,3-4,6-9,13H,2,5,10-12H2,(H2,22,24,25,28). The molecule has 9 nitrogen and oxygen atoms in total. The summed E-state index contributed by atoms with van der Waals surface area (Å²) in [5.74, 6) is 1.35. The average molecular weight is 424 g/mol. The highest BCUT2D eigenvalue weighted by Gasteiger charge is 2.19. The fourth-order valence-electron chi connectivity index (χ4n) is 2.99. The number of nitrogens with one attached hydrogen (secondary N) is 2. The van der Waals surface area contributed by atoms with Gasteiger partial charge in [0.2, 0.25) is 11.8 Å². The van der Waals surface area contributed by atoms with Crippen LogP contribution in [0.4, 0.5) is 16.4 Å². The minimum Gasteiger partial charge on any atom is -0.476 e. The highest BCUT2D eigenvalue weighted by molar-refractivity contribution is 7.13. The van der Waals surface area contributed by atoms with Crippen LogP contribution in [0.3, 0.4) is 0 Å². The second-order valence-electron chi connectivity index (χ2n) is 6.55. The van der Waals surface area contributed by atoms with Crippen LogP contribution >= 0.6 is 11.3 Å². The number of likely N-dealkylation sites (tertiary alicyclic amines) is 1. The van der Waals surface area contributed by atoms with E-state index < -0.39 is 6.03 Å². The average Bonchev–Trinajstić information content (AvgIpc) is 3.38. The van der Waals surface area contributed by atoms with Crippen molar-refractivity contribution in [3.63, 3.8) is 0 Å². The Bertz CT molecular complexity index is 1030. The largest absolute Gasteiger partial charge is 0.476 e. The molecule has 154 valence electrons. The molecule has 1 aliphatic rings. The van der Waals surface area contributed by atoms with Crippen molar-refractivity contribution in [3.8, 4) is 16.5 Å². The maximum Gasteiger partial charge on any atom is 0.326 e. The van der Waals surface area contributed by atoms with Crippen LogP contribution in [0.25, 0.3) is 10.6 Å². The Balaban J connectivity index is 1.29. The molecule has 4 rings (SSSR count). The van der Waals surface area contributed by atoms with Gasteiger partial charge in [-0.3, -0.25) is 20.4 Å². The Labute approximate surface area is 177 Å². The number of pyridine rings is 2. The van der Waals surface area contributed by atoms with Gasteiger partial charge in [-0.25, -0.2) is 9.78 Å². The number of urea groups is 1. The zero-order chi connectivity index (χ0) is 20.8. The summed E-state index contributed by atoms with van der Waals surface area (Å²) in [7, 11) is 0. The van der Waals surface area contributed by atoms with Crippen molar-refractivity contribution in [1.29, 1.82) is 0 Å². The third-order valence-corrected chi connectivity index (χ3v) is 5.31. The van der Waals surface area contributed by atoms with E-state index in [1.807, 2.05) is 12.1 Å². The number of nitrogens with zero attached hydrogens (tertiary/aromatic N) is 4. The summed E-state index contributed by atoms with van der Waals surface area (Å²) in [6.45, 7) is 1.66. The van der Waals surface area contributed by atoms with E-state index in [2.05, 4.69) is 25.6 Å². The topological polar surface area (TPSA) is 109 Å². The number of anilines is 2. The number of aromatic nitrogens is 3. The molecule has 30 heavy (non-hydrogen) atoms. The molecule has 0 aliphatic carbocycles. The third kappa shape index (κ3) is 5.09. The van der Waals surface area contributed by atoms with Crippen LogP contribution in [0.2, 0.25) is 0 Å². The summed E-state index contributed by atoms with van der Waals surface area (Å²) in [6, 6.07) is 8.38. The first-order valence-electron chi connectivity index (χ1n) is 9.49. The summed E-state index contributed by atoms with van der Waals surface area (Å²) in [5, 5.41) is 7.92. The van der Waals surface area contributed by atoms with Gasteiger partial charge in [0.05, 0.1) is 6.54 Å². The van der Waals surface area contributed by atoms with E-state index in [0.29, 0.717) is 37.1 Å². The molecular weight excluding hydrogens is 404 g/mol. The van der Waals surface area contributed by atoms with Crippen LogP contribution in [-0.2, 0) is 4.79 Å². The van der Waals surface area contributed by atoms with Gasteiger partial charge in [-0.1, -0.05) is 6.07 Å². The lowest BCUT2D eigenvalue weighted by molar-refractivity contribution is -0.128. The summed E-state index contributed by atoms with van der Waals surface area (Å²) < 4.78 is 5.62. The summed E-state index contributed by atoms with van der Waals surface area (Å²) in [6.07, 6.45) is 4.89. The number of carbonyl (C=O) groups is 2. The van der Waals surface area contributed by atoms with Crippen molar-refractivity contribution < 1.29 is 14.3 Å². The Morgan fingerprint density at radius 3 is 2.77 bits per heavy atom. The van der Waals surface area contributed by atoms with Crippen molar-refractivity contribution in [2.75, 3.05) is 30.3 Å². The quantitative estimate of drug-likeness (QED) is 0.603. The monoisotopic (exact) mass is 424 g/mol. The van der Waals surface area contributed by atoms with Crippen molar-refractivity contribution in [2.45, 2.75) is 12.8 Å². The minimum atomic E-state index is -0.450. The molecule has 0 aromatic carbocycles. The Kier molecular flexibility index (Phi) is 6.14. The molecule has 1 aliphatic heterocycles. The van der Waals surface area contributed by atoms with Gasteiger partial charge >= 0.3 is 6.03 Å². The molecule has 0 atom stereocenters. The molecule has 4 heterocycles. The van der Waals surface area contributed by atoms with E-state index in [1.54, 1.807) is 40.9 Å².